The molecular formula is C13H21NO. The molecule has 0 unspecified atom stereocenters. The van der Waals surface area contributed by atoms with Gasteiger partial charge in [0.1, 0.15) is 0 Å². The van der Waals surface area contributed by atoms with Crippen LogP contribution in [-0.4, -0.2) is 5.91 Å². The van der Waals surface area contributed by atoms with Crippen molar-refractivity contribution >= 4 is 5.91 Å². The zero-order valence-corrected chi connectivity index (χ0v) is 10.1. The lowest BCUT2D eigenvalue weighted by atomic mass is 10.0. The van der Waals surface area contributed by atoms with Crippen LogP contribution in [0.5, 0.6) is 0 Å². The van der Waals surface area contributed by atoms with Crippen LogP contribution < -0.4 is 5.73 Å². The zero-order valence-electron chi connectivity index (χ0n) is 10.1. The van der Waals surface area contributed by atoms with E-state index >= 15 is 0 Å². The average molecular weight is 207 g/mol. The standard InChI is InChI=1S/C11H15NO.C2H6/c1-8(2)7-9-3-5-10(6-4-9)11(12)13;1-2/h3-6,8H,7H2,1-2H3,(H2,12,13);1-2H3. The van der Waals surface area contributed by atoms with Gasteiger partial charge in [0.25, 0.3) is 0 Å². The highest BCUT2D eigenvalue weighted by atomic mass is 16.1. The van der Waals surface area contributed by atoms with Gasteiger partial charge < -0.3 is 5.73 Å². The van der Waals surface area contributed by atoms with Gasteiger partial charge in [-0.3, -0.25) is 4.79 Å². The molecule has 0 aliphatic rings. The summed E-state index contributed by atoms with van der Waals surface area (Å²) in [6, 6.07) is 7.47. The second kappa shape index (κ2) is 7.04. The fourth-order valence-corrected chi connectivity index (χ4v) is 1.28. The lowest BCUT2D eigenvalue weighted by Crippen LogP contribution is -2.10. The van der Waals surface area contributed by atoms with Crippen LogP contribution >= 0.6 is 0 Å². The lowest BCUT2D eigenvalue weighted by Gasteiger charge is -2.04. The minimum Gasteiger partial charge on any atom is -0.366 e. The Morgan fingerprint density at radius 2 is 1.67 bits per heavy atom. The summed E-state index contributed by atoms with van der Waals surface area (Å²) in [6.07, 6.45) is 1.04. The van der Waals surface area contributed by atoms with E-state index < -0.39 is 0 Å². The number of hydrogen-bond acceptors (Lipinski definition) is 1. The normalized spacial score (nSPS) is 9.40. The number of amides is 1. The molecule has 2 heteroatoms. The second-order valence-corrected chi connectivity index (χ2v) is 3.66. The minimum atomic E-state index is -0.365. The Morgan fingerprint density at radius 3 is 2.00 bits per heavy atom. The molecule has 0 aliphatic carbocycles. The van der Waals surface area contributed by atoms with Crippen molar-refractivity contribution < 1.29 is 4.79 Å². The van der Waals surface area contributed by atoms with E-state index in [1.807, 2.05) is 26.0 Å². The van der Waals surface area contributed by atoms with Crippen LogP contribution in [0.25, 0.3) is 0 Å². The average Bonchev–Trinajstić information content (AvgIpc) is 2.20. The summed E-state index contributed by atoms with van der Waals surface area (Å²) in [6.45, 7) is 8.34. The van der Waals surface area contributed by atoms with E-state index in [-0.39, 0.29) is 5.91 Å². The van der Waals surface area contributed by atoms with Gasteiger partial charge in [0.15, 0.2) is 0 Å². The molecule has 2 N–H and O–H groups in total. The van der Waals surface area contributed by atoms with Crippen molar-refractivity contribution in [3.8, 4) is 0 Å². The molecule has 1 aromatic carbocycles. The largest absolute Gasteiger partial charge is 0.366 e. The van der Waals surface area contributed by atoms with Gasteiger partial charge >= 0.3 is 0 Å². The summed E-state index contributed by atoms with van der Waals surface area (Å²) in [7, 11) is 0. The van der Waals surface area contributed by atoms with E-state index in [0.29, 0.717) is 11.5 Å². The van der Waals surface area contributed by atoms with Crippen molar-refractivity contribution in [3.63, 3.8) is 0 Å². The number of hydrogen-bond donors (Lipinski definition) is 1. The number of benzene rings is 1. The molecule has 0 heterocycles. The molecule has 0 saturated heterocycles. The molecule has 0 fully saturated rings. The Morgan fingerprint density at radius 1 is 1.20 bits per heavy atom. The molecule has 0 aliphatic heterocycles. The molecule has 84 valence electrons. The summed E-state index contributed by atoms with van der Waals surface area (Å²) in [5.74, 6) is 0.274. The molecule has 15 heavy (non-hydrogen) atoms. The molecule has 0 aromatic heterocycles. The predicted octanol–water partition coefficient (Wildman–Crippen LogP) is 3.01. The maximum Gasteiger partial charge on any atom is 0.248 e. The quantitative estimate of drug-likeness (QED) is 0.813. The highest BCUT2D eigenvalue weighted by molar-refractivity contribution is 5.92. The van der Waals surface area contributed by atoms with Crippen molar-refractivity contribution in [1.29, 1.82) is 0 Å². The minimum absolute atomic E-state index is 0.365. The van der Waals surface area contributed by atoms with Gasteiger partial charge in [-0.25, -0.2) is 0 Å². The molecule has 1 amide bonds. The number of nitrogens with two attached hydrogens (primary N) is 1. The number of carbonyl (C=O) groups is 1. The van der Waals surface area contributed by atoms with Crippen LogP contribution in [0.1, 0.15) is 43.6 Å². The first kappa shape index (κ1) is 13.7. The van der Waals surface area contributed by atoms with E-state index in [9.17, 15) is 4.79 Å². The molecular weight excluding hydrogens is 186 g/mol. The molecule has 0 spiro atoms. The third-order valence-corrected chi connectivity index (χ3v) is 1.88. The number of primary amides is 1. The van der Waals surface area contributed by atoms with Crippen molar-refractivity contribution in [2.75, 3.05) is 0 Å². The Balaban J connectivity index is 0.000000921. The molecule has 0 bridgehead atoms. The van der Waals surface area contributed by atoms with Crippen molar-refractivity contribution in [2.24, 2.45) is 11.7 Å². The van der Waals surface area contributed by atoms with Crippen molar-refractivity contribution in [3.05, 3.63) is 35.4 Å². The molecule has 0 atom stereocenters. The van der Waals surface area contributed by atoms with E-state index in [1.165, 1.54) is 5.56 Å². The van der Waals surface area contributed by atoms with Gasteiger partial charge in [0.05, 0.1) is 0 Å². The lowest BCUT2D eigenvalue weighted by molar-refractivity contribution is 0.100. The number of carbonyl (C=O) groups excluding carboxylic acids is 1. The topological polar surface area (TPSA) is 43.1 Å². The van der Waals surface area contributed by atoms with Gasteiger partial charge in [-0.15, -0.1) is 0 Å². The SMILES string of the molecule is CC.CC(C)Cc1ccc(C(N)=O)cc1. The van der Waals surface area contributed by atoms with Crippen LogP contribution in [0.3, 0.4) is 0 Å². The summed E-state index contributed by atoms with van der Waals surface area (Å²) in [5, 5.41) is 0. The van der Waals surface area contributed by atoms with Crippen molar-refractivity contribution in [1.82, 2.24) is 0 Å². The predicted molar refractivity (Wildman–Crippen MR) is 64.8 cm³/mol. The Labute approximate surface area is 92.5 Å². The summed E-state index contributed by atoms with van der Waals surface area (Å²) in [4.78, 5) is 10.8. The first-order valence-corrected chi connectivity index (χ1v) is 5.48. The fourth-order valence-electron chi connectivity index (χ4n) is 1.28. The van der Waals surface area contributed by atoms with E-state index in [2.05, 4.69) is 13.8 Å². The first-order chi connectivity index (χ1) is 7.09. The fraction of sp³-hybridized carbons (Fsp3) is 0.462. The molecule has 2 nitrogen and oxygen atoms in total. The Kier molecular flexibility index (Phi) is 6.43. The maximum atomic E-state index is 10.8. The zero-order chi connectivity index (χ0) is 11.8. The Hall–Kier alpha value is -1.31. The van der Waals surface area contributed by atoms with Crippen LogP contribution in [0.4, 0.5) is 0 Å². The van der Waals surface area contributed by atoms with Crippen LogP contribution in [0, 0.1) is 5.92 Å². The van der Waals surface area contributed by atoms with Crippen LogP contribution in [0.15, 0.2) is 24.3 Å². The molecule has 0 radical (unpaired) electrons. The van der Waals surface area contributed by atoms with Crippen LogP contribution in [0.2, 0.25) is 0 Å². The summed E-state index contributed by atoms with van der Waals surface area (Å²) < 4.78 is 0. The third-order valence-electron chi connectivity index (χ3n) is 1.88. The Bertz CT molecular complexity index is 288. The molecule has 1 aromatic rings. The van der Waals surface area contributed by atoms with E-state index in [1.54, 1.807) is 12.1 Å². The van der Waals surface area contributed by atoms with Crippen molar-refractivity contribution in [2.45, 2.75) is 34.1 Å². The first-order valence-electron chi connectivity index (χ1n) is 5.48. The molecule has 0 saturated carbocycles. The third kappa shape index (κ3) is 5.21. The van der Waals surface area contributed by atoms with E-state index in [4.69, 9.17) is 5.73 Å². The van der Waals surface area contributed by atoms with Gasteiger partial charge in [0, 0.05) is 5.56 Å². The van der Waals surface area contributed by atoms with Gasteiger partial charge in [-0.2, -0.15) is 0 Å². The van der Waals surface area contributed by atoms with Gasteiger partial charge in [-0.05, 0) is 30.0 Å². The highest BCUT2D eigenvalue weighted by Gasteiger charge is 2.00. The summed E-state index contributed by atoms with van der Waals surface area (Å²) in [5.41, 5.74) is 6.95. The molecule has 1 rings (SSSR count). The van der Waals surface area contributed by atoms with Crippen LogP contribution in [-0.2, 0) is 6.42 Å². The van der Waals surface area contributed by atoms with Gasteiger partial charge in [-0.1, -0.05) is 39.8 Å². The van der Waals surface area contributed by atoms with Gasteiger partial charge in [0.2, 0.25) is 5.91 Å². The number of rotatable bonds is 3. The maximum absolute atomic E-state index is 10.8. The second-order valence-electron chi connectivity index (χ2n) is 3.66. The van der Waals surface area contributed by atoms with E-state index in [0.717, 1.165) is 6.42 Å². The highest BCUT2D eigenvalue weighted by Crippen LogP contribution is 2.09. The summed E-state index contributed by atoms with van der Waals surface area (Å²) >= 11 is 0. The smallest absolute Gasteiger partial charge is 0.248 e. The monoisotopic (exact) mass is 207 g/mol.